The first-order chi connectivity index (χ1) is 10.3. The van der Waals surface area contributed by atoms with Gasteiger partial charge in [0, 0.05) is 27.1 Å². The van der Waals surface area contributed by atoms with Gasteiger partial charge in [0.1, 0.15) is 17.5 Å². The predicted molar refractivity (Wildman–Crippen MR) is 88.5 cm³/mol. The molecular formula is C15H21Cl2FN2O3. The van der Waals surface area contributed by atoms with Crippen molar-refractivity contribution in [3.63, 3.8) is 0 Å². The van der Waals surface area contributed by atoms with Gasteiger partial charge in [0.2, 0.25) is 5.91 Å². The van der Waals surface area contributed by atoms with Crippen molar-refractivity contribution in [3.05, 3.63) is 34.6 Å². The summed E-state index contributed by atoms with van der Waals surface area (Å²) in [5, 5.41) is 14.1. The minimum absolute atomic E-state index is 0. The average Bonchev–Trinajstić information content (AvgIpc) is 2.63. The van der Waals surface area contributed by atoms with Gasteiger partial charge in [-0.25, -0.2) is 4.39 Å². The molecule has 0 aromatic heterocycles. The van der Waals surface area contributed by atoms with Crippen molar-refractivity contribution in [1.82, 2.24) is 10.2 Å². The third-order valence-electron chi connectivity index (χ3n) is 3.78. The normalized spacial score (nSPS) is 24.5. The molecule has 1 heterocycles. The lowest BCUT2D eigenvalue weighted by molar-refractivity contribution is -0.138. The van der Waals surface area contributed by atoms with Gasteiger partial charge in [0.15, 0.2) is 0 Å². The van der Waals surface area contributed by atoms with Crippen LogP contribution >= 0.6 is 24.0 Å². The molecule has 1 aromatic carbocycles. The summed E-state index contributed by atoms with van der Waals surface area (Å²) >= 11 is 5.71. The van der Waals surface area contributed by atoms with Crippen LogP contribution in [0, 0.1) is 5.82 Å². The maximum Gasteiger partial charge on any atom is 0.219 e. The highest BCUT2D eigenvalue weighted by Gasteiger charge is 2.41. The van der Waals surface area contributed by atoms with Crippen LogP contribution in [0.15, 0.2) is 18.2 Å². The zero-order valence-electron chi connectivity index (χ0n) is 13.0. The molecule has 0 bridgehead atoms. The SMILES string of the molecule is CC(=O)N(C)C[C@]1(O)CNCCO[C@H]1c1ccc(Cl)c(F)c1.Cl. The van der Waals surface area contributed by atoms with Gasteiger partial charge < -0.3 is 20.1 Å². The molecule has 0 spiro atoms. The van der Waals surface area contributed by atoms with Crippen molar-refractivity contribution in [2.24, 2.45) is 0 Å². The smallest absolute Gasteiger partial charge is 0.219 e. The summed E-state index contributed by atoms with van der Waals surface area (Å²) in [4.78, 5) is 12.9. The van der Waals surface area contributed by atoms with Crippen molar-refractivity contribution in [1.29, 1.82) is 0 Å². The number of β-amino-alcohol motifs (C(OH)–C–C–N with tert-alkyl or cyclic N) is 1. The summed E-state index contributed by atoms with van der Waals surface area (Å²) < 4.78 is 19.4. The highest BCUT2D eigenvalue weighted by atomic mass is 35.5. The van der Waals surface area contributed by atoms with Crippen LogP contribution in [0.4, 0.5) is 4.39 Å². The van der Waals surface area contributed by atoms with Crippen molar-refractivity contribution < 1.29 is 19.0 Å². The number of likely N-dealkylation sites (N-methyl/N-ethyl adjacent to an activating group) is 1. The van der Waals surface area contributed by atoms with Crippen LogP contribution in [0.25, 0.3) is 0 Å². The molecule has 1 amide bonds. The van der Waals surface area contributed by atoms with E-state index in [1.165, 1.54) is 24.0 Å². The minimum Gasteiger partial charge on any atom is -0.384 e. The summed E-state index contributed by atoms with van der Waals surface area (Å²) in [6.45, 7) is 2.68. The van der Waals surface area contributed by atoms with Crippen LogP contribution in [0.2, 0.25) is 5.02 Å². The van der Waals surface area contributed by atoms with E-state index >= 15 is 0 Å². The third-order valence-corrected chi connectivity index (χ3v) is 4.08. The number of carbonyl (C=O) groups excluding carboxylic acids is 1. The molecule has 8 heteroatoms. The van der Waals surface area contributed by atoms with E-state index in [2.05, 4.69) is 5.32 Å². The van der Waals surface area contributed by atoms with Crippen molar-refractivity contribution in [2.45, 2.75) is 18.6 Å². The third kappa shape index (κ3) is 4.78. The Morgan fingerprint density at radius 1 is 1.61 bits per heavy atom. The second kappa shape index (κ2) is 8.26. The maximum absolute atomic E-state index is 13.7. The molecule has 0 radical (unpaired) electrons. The molecule has 0 aliphatic carbocycles. The molecule has 1 aliphatic rings. The lowest BCUT2D eigenvalue weighted by Crippen LogP contribution is -2.52. The van der Waals surface area contributed by atoms with E-state index in [1.54, 1.807) is 13.1 Å². The molecule has 2 atom stereocenters. The highest BCUT2D eigenvalue weighted by molar-refractivity contribution is 6.30. The molecule has 2 N–H and O–H groups in total. The molecule has 0 saturated carbocycles. The van der Waals surface area contributed by atoms with Gasteiger partial charge >= 0.3 is 0 Å². The van der Waals surface area contributed by atoms with E-state index in [-0.39, 0.29) is 36.4 Å². The topological polar surface area (TPSA) is 61.8 Å². The second-order valence-corrected chi connectivity index (χ2v) is 5.99. The number of hydrogen-bond acceptors (Lipinski definition) is 4. The number of ether oxygens (including phenoxy) is 1. The Balaban J connectivity index is 0.00000264. The van der Waals surface area contributed by atoms with E-state index in [0.29, 0.717) is 18.7 Å². The summed E-state index contributed by atoms with van der Waals surface area (Å²) in [7, 11) is 1.60. The molecule has 1 aliphatic heterocycles. The Morgan fingerprint density at radius 3 is 2.91 bits per heavy atom. The van der Waals surface area contributed by atoms with Crippen molar-refractivity contribution in [3.8, 4) is 0 Å². The number of nitrogens with one attached hydrogen (secondary N) is 1. The average molecular weight is 367 g/mol. The second-order valence-electron chi connectivity index (χ2n) is 5.58. The lowest BCUT2D eigenvalue weighted by Gasteiger charge is -2.37. The Labute approximate surface area is 146 Å². The van der Waals surface area contributed by atoms with Gasteiger partial charge in [0.05, 0.1) is 18.2 Å². The zero-order chi connectivity index (χ0) is 16.3. The fraction of sp³-hybridized carbons (Fsp3) is 0.533. The van der Waals surface area contributed by atoms with E-state index in [4.69, 9.17) is 16.3 Å². The molecule has 5 nitrogen and oxygen atoms in total. The van der Waals surface area contributed by atoms with E-state index in [1.807, 2.05) is 0 Å². The summed E-state index contributed by atoms with van der Waals surface area (Å²) in [5.41, 5.74) is -0.873. The summed E-state index contributed by atoms with van der Waals surface area (Å²) in [5.74, 6) is -0.735. The molecule has 1 fully saturated rings. The predicted octanol–water partition coefficient (Wildman–Crippen LogP) is 1.77. The van der Waals surface area contributed by atoms with Gasteiger partial charge in [-0.15, -0.1) is 12.4 Å². The fourth-order valence-corrected chi connectivity index (χ4v) is 2.66. The zero-order valence-corrected chi connectivity index (χ0v) is 14.6. The standard InChI is InChI=1S/C15H20ClFN2O3.ClH/c1-10(20)19(2)9-15(21)8-18-5-6-22-14(15)11-3-4-12(16)13(17)7-11;/h3-4,7,14,18,21H,5-6,8-9H2,1-2H3;1H/t14-,15+;/m0./s1. The number of benzene rings is 1. The molecule has 1 aromatic rings. The molecular weight excluding hydrogens is 346 g/mol. The van der Waals surface area contributed by atoms with Crippen LogP contribution < -0.4 is 5.32 Å². The maximum atomic E-state index is 13.7. The Bertz CT molecular complexity index is 562. The Kier molecular flexibility index (Phi) is 7.23. The number of hydrogen-bond donors (Lipinski definition) is 2. The molecule has 0 unspecified atom stereocenters. The number of nitrogens with zero attached hydrogens (tertiary/aromatic N) is 1. The van der Waals surface area contributed by atoms with Crippen LogP contribution in [0.5, 0.6) is 0 Å². The molecule has 1 saturated heterocycles. The van der Waals surface area contributed by atoms with Gasteiger partial charge in [0.25, 0.3) is 0 Å². The van der Waals surface area contributed by atoms with Gasteiger partial charge in [-0.1, -0.05) is 17.7 Å². The summed E-state index contributed by atoms with van der Waals surface area (Å²) in [6, 6.07) is 4.32. The van der Waals surface area contributed by atoms with Crippen LogP contribution in [0.1, 0.15) is 18.6 Å². The number of carbonyl (C=O) groups is 1. The first kappa shape index (κ1) is 20.1. The van der Waals surface area contributed by atoms with Crippen molar-refractivity contribution >= 4 is 29.9 Å². The Morgan fingerprint density at radius 2 is 2.30 bits per heavy atom. The van der Waals surface area contributed by atoms with E-state index in [9.17, 15) is 14.3 Å². The van der Waals surface area contributed by atoms with Gasteiger partial charge in [-0.3, -0.25) is 4.79 Å². The first-order valence-electron chi connectivity index (χ1n) is 7.05. The van der Waals surface area contributed by atoms with E-state index < -0.39 is 17.5 Å². The van der Waals surface area contributed by atoms with Crippen molar-refractivity contribution in [2.75, 3.05) is 33.3 Å². The number of amides is 1. The number of rotatable bonds is 3. The number of aliphatic hydroxyl groups is 1. The number of halogens is 3. The monoisotopic (exact) mass is 366 g/mol. The van der Waals surface area contributed by atoms with Gasteiger partial charge in [-0.05, 0) is 17.7 Å². The van der Waals surface area contributed by atoms with Crippen LogP contribution in [-0.4, -0.2) is 54.8 Å². The van der Waals surface area contributed by atoms with E-state index in [0.717, 1.165) is 0 Å². The quantitative estimate of drug-likeness (QED) is 0.855. The summed E-state index contributed by atoms with van der Waals surface area (Å²) in [6.07, 6.45) is -0.754. The fourth-order valence-electron chi connectivity index (χ4n) is 2.54. The lowest BCUT2D eigenvalue weighted by atomic mass is 9.90. The largest absolute Gasteiger partial charge is 0.384 e. The van der Waals surface area contributed by atoms with Crippen LogP contribution in [-0.2, 0) is 9.53 Å². The highest BCUT2D eigenvalue weighted by Crippen LogP contribution is 2.33. The molecule has 130 valence electrons. The molecule has 2 rings (SSSR count). The molecule has 23 heavy (non-hydrogen) atoms. The first-order valence-corrected chi connectivity index (χ1v) is 7.42. The van der Waals surface area contributed by atoms with Crippen LogP contribution in [0.3, 0.4) is 0 Å². The minimum atomic E-state index is -1.36. The Hall–Kier alpha value is -0.920. The van der Waals surface area contributed by atoms with Gasteiger partial charge in [-0.2, -0.15) is 0 Å².